The number of thiazole rings is 1. The van der Waals surface area contributed by atoms with Gasteiger partial charge in [-0.3, -0.25) is 4.79 Å². The first-order chi connectivity index (χ1) is 7.58. The summed E-state index contributed by atoms with van der Waals surface area (Å²) in [6.07, 6.45) is 0. The average Bonchev–Trinajstić information content (AvgIpc) is 2.66. The van der Waals surface area contributed by atoms with Gasteiger partial charge in [0.05, 0.1) is 0 Å². The van der Waals surface area contributed by atoms with Crippen LogP contribution in [0.25, 0.3) is 10.6 Å². The summed E-state index contributed by atoms with van der Waals surface area (Å²) in [7, 11) is 0. The van der Waals surface area contributed by atoms with Crippen LogP contribution in [0.4, 0.5) is 4.39 Å². The molecule has 5 heteroatoms. The van der Waals surface area contributed by atoms with Gasteiger partial charge in [-0.15, -0.1) is 11.3 Å². The van der Waals surface area contributed by atoms with Crippen molar-refractivity contribution in [3.8, 4) is 10.6 Å². The third kappa shape index (κ3) is 2.20. The molecule has 0 amide bonds. The third-order valence-electron chi connectivity index (χ3n) is 2.03. The van der Waals surface area contributed by atoms with Crippen molar-refractivity contribution in [1.29, 1.82) is 0 Å². The lowest BCUT2D eigenvalue weighted by Gasteiger charge is -1.98. The van der Waals surface area contributed by atoms with Gasteiger partial charge < -0.3 is 0 Å². The Bertz CT molecular complexity index is 553. The van der Waals surface area contributed by atoms with E-state index in [1.807, 2.05) is 0 Å². The normalized spacial score (nSPS) is 10.4. The number of benzene rings is 1. The van der Waals surface area contributed by atoms with E-state index in [0.717, 1.165) is 0 Å². The zero-order valence-corrected chi connectivity index (χ0v) is 10.7. The molecule has 0 aliphatic rings. The van der Waals surface area contributed by atoms with E-state index in [4.69, 9.17) is 0 Å². The van der Waals surface area contributed by atoms with Crippen LogP contribution in [0.2, 0.25) is 0 Å². The molecule has 2 nitrogen and oxygen atoms in total. The number of carbonyl (C=O) groups excluding carboxylic acids is 1. The number of Topliss-reactive ketones (excluding diaryl/α,β-unsaturated/α-hetero) is 1. The summed E-state index contributed by atoms with van der Waals surface area (Å²) in [5.41, 5.74) is 0.794. The first-order valence-electron chi connectivity index (χ1n) is 4.50. The Morgan fingerprint density at radius 1 is 1.50 bits per heavy atom. The molecule has 0 N–H and O–H groups in total. The molecule has 0 radical (unpaired) electrons. The molecule has 2 rings (SSSR count). The molecule has 0 saturated heterocycles. The minimum absolute atomic E-state index is 0.111. The van der Waals surface area contributed by atoms with Crippen LogP contribution in [0.5, 0.6) is 0 Å². The minimum Gasteiger partial charge on any atom is -0.293 e. The quantitative estimate of drug-likeness (QED) is 0.787. The van der Waals surface area contributed by atoms with Crippen molar-refractivity contribution in [2.45, 2.75) is 6.92 Å². The van der Waals surface area contributed by atoms with E-state index in [0.29, 0.717) is 20.7 Å². The average molecular weight is 300 g/mol. The summed E-state index contributed by atoms with van der Waals surface area (Å²) >= 11 is 4.45. The Labute approximate surface area is 104 Å². The molecule has 0 saturated carbocycles. The van der Waals surface area contributed by atoms with Gasteiger partial charge in [-0.1, -0.05) is 15.9 Å². The van der Waals surface area contributed by atoms with Gasteiger partial charge in [0.25, 0.3) is 0 Å². The summed E-state index contributed by atoms with van der Waals surface area (Å²) in [6.45, 7) is 1.44. The first-order valence-corrected chi connectivity index (χ1v) is 6.17. The number of hydrogen-bond acceptors (Lipinski definition) is 3. The van der Waals surface area contributed by atoms with Crippen LogP contribution >= 0.6 is 27.3 Å². The molecule has 0 aliphatic heterocycles. The number of rotatable bonds is 2. The highest BCUT2D eigenvalue weighted by atomic mass is 79.9. The largest absolute Gasteiger partial charge is 0.293 e. The molecule has 0 unspecified atom stereocenters. The van der Waals surface area contributed by atoms with E-state index < -0.39 is 0 Å². The predicted molar refractivity (Wildman–Crippen MR) is 65.2 cm³/mol. The zero-order chi connectivity index (χ0) is 11.7. The number of nitrogens with zero attached hydrogens (tertiary/aromatic N) is 1. The molecule has 16 heavy (non-hydrogen) atoms. The van der Waals surface area contributed by atoms with Crippen LogP contribution in [0, 0.1) is 5.82 Å². The van der Waals surface area contributed by atoms with Crippen molar-refractivity contribution in [3.05, 3.63) is 39.6 Å². The van der Waals surface area contributed by atoms with Gasteiger partial charge in [-0.05, 0) is 18.2 Å². The maximum absolute atomic E-state index is 13.6. The van der Waals surface area contributed by atoms with Gasteiger partial charge in [-0.2, -0.15) is 0 Å². The standard InChI is InChI=1S/C11H7BrFNOS/c1-6(15)10-5-16-11(14-10)8-3-2-7(12)4-9(8)13/h2-5H,1H3. The smallest absolute Gasteiger partial charge is 0.178 e. The molecular formula is C11H7BrFNOS. The highest BCUT2D eigenvalue weighted by Gasteiger charge is 2.11. The topological polar surface area (TPSA) is 30.0 Å². The van der Waals surface area contributed by atoms with E-state index in [1.165, 1.54) is 24.3 Å². The highest BCUT2D eigenvalue weighted by molar-refractivity contribution is 9.10. The summed E-state index contributed by atoms with van der Waals surface area (Å²) in [4.78, 5) is 15.2. The van der Waals surface area contributed by atoms with E-state index >= 15 is 0 Å². The Hall–Kier alpha value is -1.07. The van der Waals surface area contributed by atoms with Gasteiger partial charge >= 0.3 is 0 Å². The number of hydrogen-bond donors (Lipinski definition) is 0. The maximum Gasteiger partial charge on any atom is 0.178 e. The summed E-state index contributed by atoms with van der Waals surface area (Å²) in [5, 5.41) is 2.16. The zero-order valence-electron chi connectivity index (χ0n) is 8.33. The summed E-state index contributed by atoms with van der Waals surface area (Å²) < 4.78 is 14.3. The van der Waals surface area contributed by atoms with Crippen molar-refractivity contribution in [2.24, 2.45) is 0 Å². The van der Waals surface area contributed by atoms with E-state index in [1.54, 1.807) is 17.5 Å². The molecule has 0 bridgehead atoms. The Balaban J connectivity index is 2.46. The second kappa shape index (κ2) is 4.43. The van der Waals surface area contributed by atoms with E-state index in [2.05, 4.69) is 20.9 Å². The lowest BCUT2D eigenvalue weighted by atomic mass is 10.2. The first kappa shape index (κ1) is 11.4. The van der Waals surface area contributed by atoms with Crippen molar-refractivity contribution < 1.29 is 9.18 Å². The number of aromatic nitrogens is 1. The SMILES string of the molecule is CC(=O)c1csc(-c2ccc(Br)cc2F)n1. The molecule has 1 aromatic heterocycles. The molecule has 82 valence electrons. The van der Waals surface area contributed by atoms with E-state index in [9.17, 15) is 9.18 Å². The van der Waals surface area contributed by atoms with Crippen molar-refractivity contribution >= 4 is 33.0 Å². The minimum atomic E-state index is -0.348. The van der Waals surface area contributed by atoms with Gasteiger partial charge in [0, 0.05) is 22.3 Å². The Morgan fingerprint density at radius 3 is 2.81 bits per heavy atom. The molecule has 1 aromatic carbocycles. The van der Waals surface area contributed by atoms with Crippen molar-refractivity contribution in [1.82, 2.24) is 4.98 Å². The second-order valence-corrected chi connectivity index (χ2v) is 4.99. The van der Waals surface area contributed by atoms with Crippen LogP contribution < -0.4 is 0 Å². The molecule has 0 atom stereocenters. The van der Waals surface area contributed by atoms with Gasteiger partial charge in [0.1, 0.15) is 16.5 Å². The lowest BCUT2D eigenvalue weighted by Crippen LogP contribution is -1.92. The van der Waals surface area contributed by atoms with E-state index in [-0.39, 0.29) is 11.6 Å². The Kier molecular flexibility index (Phi) is 3.16. The van der Waals surface area contributed by atoms with Crippen LogP contribution in [0.15, 0.2) is 28.1 Å². The van der Waals surface area contributed by atoms with Gasteiger partial charge in [0.2, 0.25) is 0 Å². The molecule has 1 heterocycles. The van der Waals surface area contributed by atoms with Crippen LogP contribution in [-0.4, -0.2) is 10.8 Å². The fraction of sp³-hybridized carbons (Fsp3) is 0.0909. The molecule has 0 aliphatic carbocycles. The van der Waals surface area contributed by atoms with Crippen LogP contribution in [-0.2, 0) is 0 Å². The fourth-order valence-corrected chi connectivity index (χ4v) is 2.44. The number of ketones is 1. The second-order valence-electron chi connectivity index (χ2n) is 3.22. The number of carbonyl (C=O) groups is 1. The van der Waals surface area contributed by atoms with Crippen LogP contribution in [0.1, 0.15) is 17.4 Å². The molecule has 0 fully saturated rings. The third-order valence-corrected chi connectivity index (χ3v) is 3.40. The van der Waals surface area contributed by atoms with Gasteiger partial charge in [-0.25, -0.2) is 9.37 Å². The molecular weight excluding hydrogens is 293 g/mol. The molecule has 0 spiro atoms. The molecule has 2 aromatic rings. The maximum atomic E-state index is 13.6. The predicted octanol–water partition coefficient (Wildman–Crippen LogP) is 3.91. The number of halogens is 2. The fourth-order valence-electron chi connectivity index (χ4n) is 1.22. The van der Waals surface area contributed by atoms with Crippen LogP contribution in [0.3, 0.4) is 0 Å². The Morgan fingerprint density at radius 2 is 2.25 bits per heavy atom. The summed E-state index contributed by atoms with van der Waals surface area (Å²) in [5.74, 6) is -0.459. The summed E-state index contributed by atoms with van der Waals surface area (Å²) in [6, 6.07) is 4.76. The monoisotopic (exact) mass is 299 g/mol. The lowest BCUT2D eigenvalue weighted by molar-refractivity contribution is 0.101. The van der Waals surface area contributed by atoms with Crippen molar-refractivity contribution in [3.63, 3.8) is 0 Å². The van der Waals surface area contributed by atoms with Gasteiger partial charge in [0.15, 0.2) is 5.78 Å². The highest BCUT2D eigenvalue weighted by Crippen LogP contribution is 2.28. The van der Waals surface area contributed by atoms with Crippen molar-refractivity contribution in [2.75, 3.05) is 0 Å².